The second kappa shape index (κ2) is 5.36. The van der Waals surface area contributed by atoms with E-state index in [1.165, 1.54) is 28.4 Å². The van der Waals surface area contributed by atoms with Crippen LogP contribution in [0.25, 0.3) is 0 Å². The van der Waals surface area contributed by atoms with Crippen molar-refractivity contribution in [2.24, 2.45) is 5.92 Å². The Morgan fingerprint density at radius 2 is 2.24 bits per heavy atom. The molecule has 2 heterocycles. The highest BCUT2D eigenvalue weighted by molar-refractivity contribution is 8.01. The number of carboxylic acid groups (broad SMARTS) is 1. The highest BCUT2D eigenvalue weighted by Crippen LogP contribution is 2.42. The van der Waals surface area contributed by atoms with Gasteiger partial charge in [-0.1, -0.05) is 0 Å². The number of ether oxygens (including phenoxy) is 1. The molecular formula is C13H16N2O5S. The van der Waals surface area contributed by atoms with Crippen LogP contribution in [-0.4, -0.2) is 44.5 Å². The average Bonchev–Trinajstić information content (AvgIpc) is 3.19. The average molecular weight is 312 g/mol. The van der Waals surface area contributed by atoms with Crippen molar-refractivity contribution >= 4 is 23.6 Å². The second-order valence-electron chi connectivity index (χ2n) is 5.23. The highest BCUT2D eigenvalue weighted by atomic mass is 32.2. The Bertz CT molecular complexity index is 561. The molecule has 1 saturated heterocycles. The summed E-state index contributed by atoms with van der Waals surface area (Å²) >= 11 is 1.25. The number of aromatic carboxylic acids is 1. The van der Waals surface area contributed by atoms with Gasteiger partial charge in [0.15, 0.2) is 5.69 Å². The highest BCUT2D eigenvalue weighted by Gasteiger charge is 2.40. The SMILES string of the molecule is O=C(O)c1ccc(N2SCCC2(O)O)c(OCC2CC2)n1. The minimum atomic E-state index is -1.98. The third kappa shape index (κ3) is 3.07. The van der Waals surface area contributed by atoms with Crippen molar-refractivity contribution in [3.63, 3.8) is 0 Å². The maximum absolute atomic E-state index is 11.0. The van der Waals surface area contributed by atoms with E-state index in [2.05, 4.69) is 4.98 Å². The van der Waals surface area contributed by atoms with Gasteiger partial charge in [-0.3, -0.25) is 4.31 Å². The van der Waals surface area contributed by atoms with Gasteiger partial charge < -0.3 is 20.1 Å². The molecule has 3 rings (SSSR count). The molecule has 0 amide bonds. The molecule has 114 valence electrons. The molecule has 8 heteroatoms. The molecule has 0 bridgehead atoms. The number of aromatic nitrogens is 1. The Labute approximate surface area is 125 Å². The lowest BCUT2D eigenvalue weighted by atomic mass is 10.3. The molecule has 1 aliphatic carbocycles. The van der Waals surface area contributed by atoms with Crippen LogP contribution in [0.1, 0.15) is 29.8 Å². The van der Waals surface area contributed by atoms with Gasteiger partial charge >= 0.3 is 5.97 Å². The zero-order valence-corrected chi connectivity index (χ0v) is 12.0. The molecule has 21 heavy (non-hydrogen) atoms. The molecule has 1 aromatic rings. The van der Waals surface area contributed by atoms with Crippen molar-refractivity contribution < 1.29 is 24.9 Å². The first-order valence-electron chi connectivity index (χ1n) is 6.72. The smallest absolute Gasteiger partial charge is 0.354 e. The van der Waals surface area contributed by atoms with Crippen LogP contribution in [-0.2, 0) is 0 Å². The molecule has 1 aliphatic heterocycles. The summed E-state index contributed by atoms with van der Waals surface area (Å²) in [4.78, 5) is 15.0. The van der Waals surface area contributed by atoms with Crippen LogP contribution in [0, 0.1) is 5.92 Å². The van der Waals surface area contributed by atoms with Crippen LogP contribution in [0.3, 0.4) is 0 Å². The quantitative estimate of drug-likeness (QED) is 0.548. The third-order valence-electron chi connectivity index (χ3n) is 3.41. The van der Waals surface area contributed by atoms with E-state index in [4.69, 9.17) is 9.84 Å². The van der Waals surface area contributed by atoms with E-state index in [0.717, 1.165) is 12.8 Å². The molecule has 0 unspecified atom stereocenters. The van der Waals surface area contributed by atoms with Crippen molar-refractivity contribution in [3.05, 3.63) is 17.8 Å². The summed E-state index contributed by atoms with van der Waals surface area (Å²) in [5, 5.41) is 28.9. The molecule has 2 fully saturated rings. The van der Waals surface area contributed by atoms with Crippen LogP contribution < -0.4 is 9.04 Å². The molecule has 0 aromatic carbocycles. The van der Waals surface area contributed by atoms with E-state index in [0.29, 0.717) is 24.0 Å². The molecule has 0 spiro atoms. The summed E-state index contributed by atoms with van der Waals surface area (Å²) in [7, 11) is 0. The molecular weight excluding hydrogens is 296 g/mol. The Morgan fingerprint density at radius 3 is 2.81 bits per heavy atom. The first-order valence-corrected chi connectivity index (χ1v) is 7.66. The summed E-state index contributed by atoms with van der Waals surface area (Å²) in [5.74, 6) is -1.97. The summed E-state index contributed by atoms with van der Waals surface area (Å²) in [6.45, 7) is 0.464. The molecule has 1 saturated carbocycles. The summed E-state index contributed by atoms with van der Waals surface area (Å²) in [6.07, 6.45) is 2.38. The van der Waals surface area contributed by atoms with E-state index in [-0.39, 0.29) is 18.0 Å². The van der Waals surface area contributed by atoms with Crippen molar-refractivity contribution in [2.75, 3.05) is 16.7 Å². The van der Waals surface area contributed by atoms with Gasteiger partial charge in [-0.05, 0) is 42.8 Å². The Hall–Kier alpha value is -1.51. The maximum atomic E-state index is 11.0. The van der Waals surface area contributed by atoms with Gasteiger partial charge in [0.2, 0.25) is 5.88 Å². The molecule has 7 nitrogen and oxygen atoms in total. The van der Waals surface area contributed by atoms with Crippen LogP contribution in [0.15, 0.2) is 12.1 Å². The monoisotopic (exact) mass is 312 g/mol. The van der Waals surface area contributed by atoms with Crippen molar-refractivity contribution in [1.29, 1.82) is 0 Å². The van der Waals surface area contributed by atoms with Gasteiger partial charge in [0, 0.05) is 12.2 Å². The summed E-state index contributed by atoms with van der Waals surface area (Å²) in [6, 6.07) is 2.83. The minimum Gasteiger partial charge on any atom is -0.477 e. The zero-order valence-electron chi connectivity index (χ0n) is 11.2. The summed E-state index contributed by atoms with van der Waals surface area (Å²) < 4.78 is 6.92. The number of hydrogen-bond acceptors (Lipinski definition) is 7. The van der Waals surface area contributed by atoms with Gasteiger partial charge in [-0.25, -0.2) is 9.78 Å². The van der Waals surface area contributed by atoms with Crippen molar-refractivity contribution in [2.45, 2.75) is 25.2 Å². The number of pyridine rings is 1. The first-order chi connectivity index (χ1) is 9.97. The normalized spacial score (nSPS) is 20.6. The summed E-state index contributed by atoms with van der Waals surface area (Å²) in [5.41, 5.74) is 0.253. The first kappa shape index (κ1) is 14.4. The third-order valence-corrected chi connectivity index (χ3v) is 4.55. The lowest BCUT2D eigenvalue weighted by molar-refractivity contribution is -0.144. The van der Waals surface area contributed by atoms with Crippen LogP contribution in [0.2, 0.25) is 0 Å². The van der Waals surface area contributed by atoms with Gasteiger partial charge in [-0.2, -0.15) is 0 Å². The zero-order chi connectivity index (χ0) is 15.0. The van der Waals surface area contributed by atoms with Gasteiger partial charge in [-0.15, -0.1) is 0 Å². The maximum Gasteiger partial charge on any atom is 0.354 e. The number of nitrogens with zero attached hydrogens (tertiary/aromatic N) is 2. The standard InChI is InChI=1S/C13H16N2O5S/c16-12(17)9-3-4-10(15-13(18,19)5-6-21-15)11(14-9)20-7-8-1-2-8/h3-4,8,18-19H,1-2,5-7H2,(H,16,17). The second-order valence-corrected chi connectivity index (χ2v) is 6.26. The van der Waals surface area contributed by atoms with Crippen LogP contribution >= 0.6 is 11.9 Å². The number of hydrogen-bond donors (Lipinski definition) is 3. The fraction of sp³-hybridized carbons (Fsp3) is 0.538. The molecule has 0 radical (unpaired) electrons. The number of carbonyl (C=O) groups is 1. The van der Waals surface area contributed by atoms with Crippen molar-refractivity contribution in [3.8, 4) is 5.88 Å². The van der Waals surface area contributed by atoms with Crippen LogP contribution in [0.4, 0.5) is 5.69 Å². The lowest BCUT2D eigenvalue weighted by Gasteiger charge is -2.29. The number of carboxylic acids is 1. The Kier molecular flexibility index (Phi) is 3.68. The lowest BCUT2D eigenvalue weighted by Crippen LogP contribution is -2.40. The largest absolute Gasteiger partial charge is 0.477 e. The molecule has 1 aromatic heterocycles. The fourth-order valence-electron chi connectivity index (χ4n) is 2.04. The predicted octanol–water partition coefficient (Wildman–Crippen LogP) is 1.07. The molecule has 3 N–H and O–H groups in total. The number of aliphatic hydroxyl groups is 2. The van der Waals surface area contributed by atoms with E-state index >= 15 is 0 Å². The minimum absolute atomic E-state index is 0.128. The van der Waals surface area contributed by atoms with E-state index < -0.39 is 11.9 Å². The molecule has 2 aliphatic rings. The van der Waals surface area contributed by atoms with Gasteiger partial charge in [0.05, 0.1) is 6.61 Å². The van der Waals surface area contributed by atoms with E-state index in [9.17, 15) is 15.0 Å². The topological polar surface area (TPSA) is 103 Å². The van der Waals surface area contributed by atoms with Gasteiger partial charge in [0.25, 0.3) is 5.91 Å². The number of rotatable bonds is 5. The van der Waals surface area contributed by atoms with E-state index in [1.54, 1.807) is 0 Å². The van der Waals surface area contributed by atoms with Gasteiger partial charge in [0.1, 0.15) is 5.69 Å². The molecule has 0 atom stereocenters. The number of anilines is 1. The Balaban J connectivity index is 1.91. The predicted molar refractivity (Wildman–Crippen MR) is 76.1 cm³/mol. The fourth-order valence-corrected chi connectivity index (χ4v) is 3.16. The van der Waals surface area contributed by atoms with Crippen LogP contribution in [0.5, 0.6) is 5.88 Å². The van der Waals surface area contributed by atoms with E-state index in [1.807, 2.05) is 0 Å². The van der Waals surface area contributed by atoms with Crippen molar-refractivity contribution in [1.82, 2.24) is 4.98 Å². The Morgan fingerprint density at radius 1 is 1.48 bits per heavy atom.